The van der Waals surface area contributed by atoms with E-state index >= 15 is 0 Å². The van der Waals surface area contributed by atoms with Crippen LogP contribution in [0.2, 0.25) is 0 Å². The van der Waals surface area contributed by atoms with Gasteiger partial charge in [0, 0.05) is 43.3 Å². The summed E-state index contributed by atoms with van der Waals surface area (Å²) in [6.07, 6.45) is 3.95. The number of thiocarbonyl (C=S) groups is 1. The minimum atomic E-state index is -0.101. The van der Waals surface area contributed by atoms with E-state index in [0.717, 1.165) is 22.0 Å². The van der Waals surface area contributed by atoms with Crippen LogP contribution in [0.3, 0.4) is 0 Å². The topological polar surface area (TPSA) is 52.3 Å². The number of rotatable bonds is 3. The quantitative estimate of drug-likeness (QED) is 0.510. The Morgan fingerprint density at radius 3 is 2.43 bits per heavy atom. The van der Waals surface area contributed by atoms with Crippen molar-refractivity contribution in [2.75, 3.05) is 14.1 Å². The molecule has 0 atom stereocenters. The summed E-state index contributed by atoms with van der Waals surface area (Å²) in [5, 5.41) is 10.5. The number of aromatic nitrogens is 1. The first-order chi connectivity index (χ1) is 13.5. The molecule has 1 amide bonds. The maximum atomic E-state index is 12.5. The molecule has 0 N–H and O–H groups in total. The van der Waals surface area contributed by atoms with E-state index in [-0.39, 0.29) is 5.91 Å². The molecule has 4 rings (SSSR count). The molecule has 0 bridgehead atoms. The van der Waals surface area contributed by atoms with E-state index in [1.54, 1.807) is 11.9 Å². The molecule has 2 aromatic carbocycles. The lowest BCUT2D eigenvalue weighted by atomic mass is 10.1. The van der Waals surface area contributed by atoms with E-state index in [1.807, 2.05) is 49.5 Å². The number of carbonyl (C=O) groups is 1. The predicted octanol–water partition coefficient (Wildman–Crippen LogP) is 3.59. The minimum absolute atomic E-state index is 0.101. The fraction of sp³-hybridized carbons (Fsp3) is 0.136. The summed E-state index contributed by atoms with van der Waals surface area (Å²) in [5.41, 5.74) is 4.37. The Kier molecular flexibility index (Phi) is 4.46. The Morgan fingerprint density at radius 2 is 1.79 bits per heavy atom. The van der Waals surface area contributed by atoms with Crippen LogP contribution in [0.5, 0.6) is 0 Å². The van der Waals surface area contributed by atoms with Crippen molar-refractivity contribution in [2.24, 2.45) is 0 Å². The van der Waals surface area contributed by atoms with Crippen molar-refractivity contribution in [3.63, 3.8) is 0 Å². The Balaban J connectivity index is 1.77. The number of hydrogen-bond donors (Lipinski definition) is 0. The molecule has 0 aliphatic carbocycles. The first-order valence-electron chi connectivity index (χ1n) is 8.84. The van der Waals surface area contributed by atoms with E-state index in [0.29, 0.717) is 22.9 Å². The molecule has 1 fully saturated rings. The van der Waals surface area contributed by atoms with Crippen molar-refractivity contribution >= 4 is 40.2 Å². The fourth-order valence-corrected chi connectivity index (χ4v) is 3.62. The maximum absolute atomic E-state index is 12.5. The van der Waals surface area contributed by atoms with Crippen molar-refractivity contribution in [1.29, 1.82) is 5.26 Å². The normalized spacial score (nSPS) is 15.7. The van der Waals surface area contributed by atoms with Gasteiger partial charge in [-0.1, -0.05) is 30.3 Å². The minimum Gasteiger partial charge on any atom is -0.342 e. The van der Waals surface area contributed by atoms with E-state index in [4.69, 9.17) is 17.5 Å². The standard InChI is InChI=1S/C22H18N4OS/c1-24-20(21(27)25(2)22(24)28)11-17-14-26(19-6-4-3-5-18(17)19)13-16-9-7-15(12-23)8-10-16/h3-11,14H,13H2,1-2H3. The predicted molar refractivity (Wildman–Crippen MR) is 113 cm³/mol. The second-order valence-electron chi connectivity index (χ2n) is 6.77. The Morgan fingerprint density at radius 1 is 1.07 bits per heavy atom. The van der Waals surface area contributed by atoms with Gasteiger partial charge < -0.3 is 9.47 Å². The van der Waals surface area contributed by atoms with Crippen molar-refractivity contribution in [3.8, 4) is 6.07 Å². The summed E-state index contributed by atoms with van der Waals surface area (Å²) >= 11 is 5.31. The van der Waals surface area contributed by atoms with Gasteiger partial charge in [-0.3, -0.25) is 9.69 Å². The molecule has 6 heteroatoms. The summed E-state index contributed by atoms with van der Waals surface area (Å²) in [5.74, 6) is -0.101. The van der Waals surface area contributed by atoms with Crippen LogP contribution in [0.25, 0.3) is 17.0 Å². The van der Waals surface area contributed by atoms with Crippen LogP contribution in [0.15, 0.2) is 60.4 Å². The third-order valence-corrected chi connectivity index (χ3v) is 5.55. The van der Waals surface area contributed by atoms with Crippen LogP contribution in [-0.2, 0) is 11.3 Å². The molecule has 2 heterocycles. The maximum Gasteiger partial charge on any atom is 0.276 e. The number of nitrogens with zero attached hydrogens (tertiary/aromatic N) is 4. The van der Waals surface area contributed by atoms with Gasteiger partial charge in [0.15, 0.2) is 5.11 Å². The Labute approximate surface area is 168 Å². The molecular weight excluding hydrogens is 368 g/mol. The third kappa shape index (κ3) is 2.96. The van der Waals surface area contributed by atoms with Gasteiger partial charge in [0.2, 0.25) is 0 Å². The molecule has 0 spiro atoms. The van der Waals surface area contributed by atoms with Crippen molar-refractivity contribution < 1.29 is 4.79 Å². The molecular formula is C22H18N4OS. The number of carbonyl (C=O) groups excluding carboxylic acids is 1. The molecule has 1 saturated heterocycles. The fourth-order valence-electron chi connectivity index (χ4n) is 3.44. The van der Waals surface area contributed by atoms with E-state index in [2.05, 4.69) is 29.0 Å². The zero-order valence-electron chi connectivity index (χ0n) is 15.6. The summed E-state index contributed by atoms with van der Waals surface area (Å²) < 4.78 is 2.16. The van der Waals surface area contributed by atoms with Crippen molar-refractivity contribution in [3.05, 3.63) is 77.1 Å². The Hall–Kier alpha value is -3.43. The highest BCUT2D eigenvalue weighted by Gasteiger charge is 2.32. The molecule has 1 aliphatic rings. The molecule has 28 heavy (non-hydrogen) atoms. The van der Waals surface area contributed by atoms with Gasteiger partial charge in [0.05, 0.1) is 11.6 Å². The average Bonchev–Trinajstić information content (AvgIpc) is 3.15. The number of para-hydroxylation sites is 1. The van der Waals surface area contributed by atoms with Crippen LogP contribution in [0.4, 0.5) is 0 Å². The Bertz CT molecular complexity index is 1170. The van der Waals surface area contributed by atoms with Gasteiger partial charge in [-0.2, -0.15) is 5.26 Å². The highest BCUT2D eigenvalue weighted by molar-refractivity contribution is 7.80. The monoisotopic (exact) mass is 386 g/mol. The smallest absolute Gasteiger partial charge is 0.276 e. The lowest BCUT2D eigenvalue weighted by Crippen LogP contribution is -2.26. The van der Waals surface area contributed by atoms with Crippen LogP contribution in [0.1, 0.15) is 16.7 Å². The van der Waals surface area contributed by atoms with Crippen molar-refractivity contribution in [1.82, 2.24) is 14.4 Å². The van der Waals surface area contributed by atoms with E-state index in [1.165, 1.54) is 4.90 Å². The van der Waals surface area contributed by atoms with Crippen LogP contribution < -0.4 is 0 Å². The van der Waals surface area contributed by atoms with Gasteiger partial charge in [0.1, 0.15) is 5.70 Å². The summed E-state index contributed by atoms with van der Waals surface area (Å²) in [7, 11) is 3.50. The highest BCUT2D eigenvalue weighted by Crippen LogP contribution is 2.27. The molecule has 0 radical (unpaired) electrons. The molecule has 0 unspecified atom stereocenters. The summed E-state index contributed by atoms with van der Waals surface area (Å²) in [6, 6.07) is 17.8. The van der Waals surface area contributed by atoms with Gasteiger partial charge in [-0.15, -0.1) is 0 Å². The van der Waals surface area contributed by atoms with Gasteiger partial charge in [0.25, 0.3) is 5.91 Å². The first-order valence-corrected chi connectivity index (χ1v) is 9.25. The number of fused-ring (bicyclic) bond motifs is 1. The number of amides is 1. The zero-order valence-corrected chi connectivity index (χ0v) is 16.4. The number of hydrogen-bond acceptors (Lipinski definition) is 3. The van der Waals surface area contributed by atoms with Crippen LogP contribution in [0, 0.1) is 11.3 Å². The summed E-state index contributed by atoms with van der Waals surface area (Å²) in [6.45, 7) is 0.678. The molecule has 138 valence electrons. The molecule has 5 nitrogen and oxygen atoms in total. The molecule has 3 aromatic rings. The van der Waals surface area contributed by atoms with Gasteiger partial charge in [-0.05, 0) is 42.1 Å². The van der Waals surface area contributed by atoms with E-state index in [9.17, 15) is 4.79 Å². The zero-order chi connectivity index (χ0) is 19.8. The highest BCUT2D eigenvalue weighted by atomic mass is 32.1. The van der Waals surface area contributed by atoms with Crippen LogP contribution in [-0.4, -0.2) is 39.5 Å². The lowest BCUT2D eigenvalue weighted by molar-refractivity contribution is -0.121. The molecule has 0 saturated carbocycles. The first kappa shape index (κ1) is 18.0. The number of nitriles is 1. The van der Waals surface area contributed by atoms with Gasteiger partial charge >= 0.3 is 0 Å². The molecule has 1 aliphatic heterocycles. The number of likely N-dealkylation sites (N-methyl/N-ethyl adjacent to an activating group) is 2. The number of benzene rings is 2. The average molecular weight is 386 g/mol. The van der Waals surface area contributed by atoms with E-state index < -0.39 is 0 Å². The lowest BCUT2D eigenvalue weighted by Gasteiger charge is -2.10. The molecule has 1 aromatic heterocycles. The summed E-state index contributed by atoms with van der Waals surface area (Å²) in [4.78, 5) is 15.7. The van der Waals surface area contributed by atoms with Crippen molar-refractivity contribution in [2.45, 2.75) is 6.54 Å². The second kappa shape index (κ2) is 6.95. The second-order valence-corrected chi connectivity index (χ2v) is 7.14. The van der Waals surface area contributed by atoms with Crippen LogP contribution >= 0.6 is 12.2 Å². The SMILES string of the molecule is CN1C(=O)C(=Cc2cn(Cc3ccc(C#N)cc3)c3ccccc23)N(C)C1=S. The van der Waals surface area contributed by atoms with Gasteiger partial charge in [-0.25, -0.2) is 0 Å². The largest absolute Gasteiger partial charge is 0.342 e. The third-order valence-electron chi connectivity index (χ3n) is 5.01.